The van der Waals surface area contributed by atoms with Gasteiger partial charge in [-0.25, -0.2) is 0 Å². The second-order valence-corrected chi connectivity index (χ2v) is 8.26. The quantitative estimate of drug-likeness (QED) is 0.329. The van der Waals surface area contributed by atoms with Crippen molar-refractivity contribution in [1.82, 2.24) is 5.32 Å². The zero-order chi connectivity index (χ0) is 23.9. The molecular weight excluding hydrogens is 426 g/mol. The molecule has 0 saturated heterocycles. The van der Waals surface area contributed by atoms with Gasteiger partial charge in [0.2, 0.25) is 0 Å². The molecule has 5 heteroatoms. The van der Waals surface area contributed by atoms with Crippen molar-refractivity contribution in [3.05, 3.63) is 113 Å². The highest BCUT2D eigenvalue weighted by Gasteiger charge is 2.17. The first-order chi connectivity index (χ1) is 16.5. The highest BCUT2D eigenvalue weighted by molar-refractivity contribution is 5.97. The molecule has 0 aliphatic carbocycles. The van der Waals surface area contributed by atoms with Gasteiger partial charge in [-0.2, -0.15) is 0 Å². The summed E-state index contributed by atoms with van der Waals surface area (Å²) in [6, 6.07) is 28.9. The van der Waals surface area contributed by atoms with Crippen LogP contribution in [0.2, 0.25) is 0 Å². The minimum Gasteiger partial charge on any atom is -0.488 e. The maximum Gasteiger partial charge on any atom is 0.303 e. The normalized spacial score (nSPS) is 11.7. The second kappa shape index (κ2) is 10.7. The third kappa shape index (κ3) is 5.62. The van der Waals surface area contributed by atoms with Crippen molar-refractivity contribution < 1.29 is 19.4 Å². The largest absolute Gasteiger partial charge is 0.488 e. The maximum absolute atomic E-state index is 13.1. The van der Waals surface area contributed by atoms with Crippen molar-refractivity contribution in [3.63, 3.8) is 0 Å². The van der Waals surface area contributed by atoms with Gasteiger partial charge in [0.1, 0.15) is 12.4 Å². The predicted molar refractivity (Wildman–Crippen MR) is 133 cm³/mol. The number of aliphatic carboxylic acids is 1. The summed E-state index contributed by atoms with van der Waals surface area (Å²) in [7, 11) is 0. The van der Waals surface area contributed by atoms with E-state index in [1.165, 1.54) is 0 Å². The van der Waals surface area contributed by atoms with Gasteiger partial charge in [0.05, 0.1) is 11.6 Å². The van der Waals surface area contributed by atoms with Crippen LogP contribution < -0.4 is 10.1 Å². The topological polar surface area (TPSA) is 75.6 Å². The minimum absolute atomic E-state index is 0.107. The summed E-state index contributed by atoms with van der Waals surface area (Å²) in [5.74, 6) is -0.489. The van der Waals surface area contributed by atoms with Gasteiger partial charge < -0.3 is 15.2 Å². The van der Waals surface area contributed by atoms with Crippen molar-refractivity contribution in [3.8, 4) is 5.75 Å². The molecule has 0 saturated carbocycles. The predicted octanol–water partition coefficient (Wildman–Crippen LogP) is 5.93. The number of ether oxygens (including phenoxy) is 1. The van der Waals surface area contributed by atoms with E-state index in [9.17, 15) is 9.59 Å². The number of carbonyl (C=O) groups excluding carboxylic acids is 1. The number of carbonyl (C=O) groups is 2. The van der Waals surface area contributed by atoms with Crippen LogP contribution >= 0.6 is 0 Å². The molecule has 4 aromatic carbocycles. The fraction of sp³-hybridized carbons (Fsp3) is 0.172. The number of nitrogens with one attached hydrogen (secondary N) is 1. The summed E-state index contributed by atoms with van der Waals surface area (Å²) >= 11 is 0. The van der Waals surface area contributed by atoms with E-state index >= 15 is 0 Å². The molecule has 172 valence electrons. The summed E-state index contributed by atoms with van der Waals surface area (Å²) in [4.78, 5) is 23.9. The first-order valence-electron chi connectivity index (χ1n) is 11.3. The highest BCUT2D eigenvalue weighted by atomic mass is 16.5. The number of para-hydroxylation sites is 1. The van der Waals surface area contributed by atoms with Crippen molar-refractivity contribution in [2.75, 3.05) is 0 Å². The summed E-state index contributed by atoms with van der Waals surface area (Å²) in [6.07, 6.45) is 0.601. The van der Waals surface area contributed by atoms with E-state index in [4.69, 9.17) is 9.84 Å². The van der Waals surface area contributed by atoms with Gasteiger partial charge in [0, 0.05) is 6.42 Å². The lowest BCUT2D eigenvalue weighted by Gasteiger charge is -2.18. The smallest absolute Gasteiger partial charge is 0.303 e. The van der Waals surface area contributed by atoms with Gasteiger partial charge in [-0.15, -0.1) is 0 Å². The molecule has 0 aliphatic rings. The van der Waals surface area contributed by atoms with Gasteiger partial charge >= 0.3 is 5.97 Å². The van der Waals surface area contributed by atoms with Crippen LogP contribution in [-0.4, -0.2) is 17.0 Å². The van der Waals surface area contributed by atoms with Crippen LogP contribution in [0.1, 0.15) is 46.4 Å². The highest BCUT2D eigenvalue weighted by Crippen LogP contribution is 2.26. The molecule has 2 N–H and O–H groups in total. The molecule has 1 amide bonds. The molecule has 0 aliphatic heterocycles. The molecule has 4 rings (SSSR count). The van der Waals surface area contributed by atoms with E-state index in [1.807, 2.05) is 67.6 Å². The fourth-order valence-corrected chi connectivity index (χ4v) is 3.97. The summed E-state index contributed by atoms with van der Waals surface area (Å²) in [5, 5.41) is 14.2. The lowest BCUT2D eigenvalue weighted by Crippen LogP contribution is -2.27. The van der Waals surface area contributed by atoms with E-state index in [0.29, 0.717) is 24.3 Å². The number of carboxylic acids is 1. The Morgan fingerprint density at radius 1 is 0.853 bits per heavy atom. The van der Waals surface area contributed by atoms with Gasteiger partial charge in [-0.3, -0.25) is 9.59 Å². The molecule has 0 fully saturated rings. The van der Waals surface area contributed by atoms with E-state index in [1.54, 1.807) is 12.1 Å². The zero-order valence-electron chi connectivity index (χ0n) is 19.0. The Morgan fingerprint density at radius 2 is 1.53 bits per heavy atom. The molecule has 4 aromatic rings. The molecule has 0 heterocycles. The van der Waals surface area contributed by atoms with Crippen LogP contribution in [0.3, 0.4) is 0 Å². The Labute approximate surface area is 199 Å². The molecule has 0 spiro atoms. The van der Waals surface area contributed by atoms with Crippen molar-refractivity contribution in [2.45, 2.75) is 32.4 Å². The average molecular weight is 454 g/mol. The molecule has 5 nitrogen and oxygen atoms in total. The molecule has 34 heavy (non-hydrogen) atoms. The molecule has 1 atom stereocenters. The van der Waals surface area contributed by atoms with Crippen molar-refractivity contribution in [2.24, 2.45) is 0 Å². The van der Waals surface area contributed by atoms with Gasteiger partial charge in [0.25, 0.3) is 5.91 Å². The van der Waals surface area contributed by atoms with Crippen LogP contribution in [0.5, 0.6) is 5.75 Å². The number of benzene rings is 4. The third-order valence-electron chi connectivity index (χ3n) is 5.81. The van der Waals surface area contributed by atoms with Crippen LogP contribution in [0, 0.1) is 0 Å². The lowest BCUT2D eigenvalue weighted by atomic mass is 9.99. The Kier molecular flexibility index (Phi) is 7.23. The maximum atomic E-state index is 13.1. The van der Waals surface area contributed by atoms with Crippen molar-refractivity contribution in [1.29, 1.82) is 0 Å². The summed E-state index contributed by atoms with van der Waals surface area (Å²) in [5.41, 5.74) is 3.45. The molecular formula is C29H27NO4. The summed E-state index contributed by atoms with van der Waals surface area (Å²) < 4.78 is 5.98. The van der Waals surface area contributed by atoms with Gasteiger partial charge in [0.15, 0.2) is 0 Å². The Bertz CT molecular complexity index is 1290. The molecule has 0 bridgehead atoms. The number of carboxylic acid groups (broad SMARTS) is 1. The Balaban J connectivity index is 1.43. The number of aryl methyl sites for hydroxylation is 1. The van der Waals surface area contributed by atoms with E-state index in [-0.39, 0.29) is 18.4 Å². The van der Waals surface area contributed by atoms with E-state index < -0.39 is 5.97 Å². The lowest BCUT2D eigenvalue weighted by molar-refractivity contribution is -0.136. The standard InChI is InChI=1S/C29H27NO4/c1-20(24-11-6-8-23-7-2-3-9-25(23)24)30-29(33)26-10-4-5-12-27(26)34-19-22-15-13-21(14-16-22)17-18-28(31)32/h2-16,20H,17-19H2,1H3,(H,30,33)(H,31,32)/t20-/m0/s1. The summed E-state index contributed by atoms with van der Waals surface area (Å²) in [6.45, 7) is 2.29. The SMILES string of the molecule is C[C@H](NC(=O)c1ccccc1OCc1ccc(CCC(=O)O)cc1)c1cccc2ccccc12. The number of hydrogen-bond donors (Lipinski definition) is 2. The van der Waals surface area contributed by atoms with Crippen LogP contribution in [0.4, 0.5) is 0 Å². The first-order valence-corrected chi connectivity index (χ1v) is 11.3. The fourth-order valence-electron chi connectivity index (χ4n) is 3.97. The van der Waals surface area contributed by atoms with Crippen LogP contribution in [0.15, 0.2) is 91.0 Å². The number of amides is 1. The molecule has 0 aromatic heterocycles. The molecule has 0 unspecified atom stereocenters. The van der Waals surface area contributed by atoms with Crippen molar-refractivity contribution >= 4 is 22.6 Å². The zero-order valence-corrected chi connectivity index (χ0v) is 19.0. The van der Waals surface area contributed by atoms with Gasteiger partial charge in [-0.1, -0.05) is 78.9 Å². The monoisotopic (exact) mass is 453 g/mol. The van der Waals surface area contributed by atoms with E-state index in [0.717, 1.165) is 27.5 Å². The Hall–Kier alpha value is -4.12. The number of rotatable bonds is 9. The molecule has 0 radical (unpaired) electrons. The van der Waals surface area contributed by atoms with Crippen LogP contribution in [0.25, 0.3) is 10.8 Å². The average Bonchev–Trinajstić information content (AvgIpc) is 2.86. The van der Waals surface area contributed by atoms with E-state index in [2.05, 4.69) is 23.5 Å². The van der Waals surface area contributed by atoms with Crippen LogP contribution in [-0.2, 0) is 17.8 Å². The second-order valence-electron chi connectivity index (χ2n) is 8.26. The Morgan fingerprint density at radius 3 is 2.32 bits per heavy atom. The number of fused-ring (bicyclic) bond motifs is 1. The third-order valence-corrected chi connectivity index (χ3v) is 5.81. The first kappa shape index (κ1) is 23.1. The number of hydrogen-bond acceptors (Lipinski definition) is 3. The minimum atomic E-state index is -0.808. The van der Waals surface area contributed by atoms with Gasteiger partial charge in [-0.05, 0) is 52.9 Å².